The smallest absolute Gasteiger partial charge is 0.330 e. The third kappa shape index (κ3) is 25.4. The Morgan fingerprint density at radius 2 is 1.08 bits per heavy atom. The molecule has 0 bridgehead atoms. The van der Waals surface area contributed by atoms with E-state index in [9.17, 15) is 4.79 Å². The molecule has 1 N–H and O–H groups in total. The van der Waals surface area contributed by atoms with Crippen LogP contribution in [0.5, 0.6) is 0 Å². The minimum absolute atomic E-state index is 0.264. The molecule has 0 radical (unpaired) electrons. The van der Waals surface area contributed by atoms with Gasteiger partial charge in [-0.05, 0) is 33.5 Å². The molecule has 0 aromatic carbocycles. The first-order chi connectivity index (χ1) is 12.5. The van der Waals surface area contributed by atoms with Crippen molar-refractivity contribution in [2.45, 2.75) is 110 Å². The predicted molar refractivity (Wildman–Crippen MR) is 116 cm³/mol. The molecule has 0 saturated heterocycles. The zero-order chi connectivity index (χ0) is 20.0. The Morgan fingerprint density at radius 1 is 0.731 bits per heavy atom. The Bertz CT molecular complexity index is 313. The van der Waals surface area contributed by atoms with Crippen LogP contribution in [0.25, 0.3) is 0 Å². The average Bonchev–Trinajstić information content (AvgIpc) is 2.61. The lowest BCUT2D eigenvalue weighted by molar-refractivity contribution is -0.132. The van der Waals surface area contributed by atoms with E-state index in [0.29, 0.717) is 6.42 Å². The summed E-state index contributed by atoms with van der Waals surface area (Å²) in [5.41, 5.74) is 0.264. The molecule has 0 rings (SSSR count). The fourth-order valence-corrected chi connectivity index (χ4v) is 2.77. The van der Waals surface area contributed by atoms with Gasteiger partial charge in [-0.25, -0.2) is 4.79 Å². The second kappa shape index (κ2) is 22.2. The fourth-order valence-electron chi connectivity index (χ4n) is 2.77. The van der Waals surface area contributed by atoms with Crippen molar-refractivity contribution in [3.8, 4) is 0 Å². The topological polar surface area (TPSA) is 40.5 Å². The van der Waals surface area contributed by atoms with Crippen LogP contribution < -0.4 is 0 Å². The van der Waals surface area contributed by atoms with Crippen molar-refractivity contribution in [1.29, 1.82) is 0 Å². The molecule has 3 heteroatoms. The molecule has 0 aliphatic rings. The molecular weight excluding hydrogens is 322 g/mol. The third-order valence-electron chi connectivity index (χ3n) is 4.69. The first-order valence-electron chi connectivity index (χ1n) is 11.0. The average molecular weight is 370 g/mol. The van der Waals surface area contributed by atoms with Crippen LogP contribution >= 0.6 is 0 Å². The minimum Gasteiger partial charge on any atom is -0.478 e. The summed E-state index contributed by atoms with van der Waals surface area (Å²) in [6, 6.07) is 0. The Kier molecular flexibility index (Phi) is 23.4. The van der Waals surface area contributed by atoms with Crippen LogP contribution in [0.1, 0.15) is 110 Å². The van der Waals surface area contributed by atoms with Crippen LogP contribution in [-0.2, 0) is 4.79 Å². The predicted octanol–water partition coefficient (Wildman–Crippen LogP) is 7.07. The number of nitrogens with zero attached hydrogens (tertiary/aromatic N) is 1. The van der Waals surface area contributed by atoms with E-state index in [2.05, 4.69) is 32.5 Å². The second-order valence-corrected chi connectivity index (χ2v) is 7.66. The molecule has 156 valence electrons. The quantitative estimate of drug-likeness (QED) is 0.220. The van der Waals surface area contributed by atoms with Crippen molar-refractivity contribution in [3.63, 3.8) is 0 Å². The molecule has 0 amide bonds. The molecular formula is C23H47NO2. The number of aliphatic carboxylic acids is 1. The zero-order valence-electron chi connectivity index (χ0n) is 18.3. The van der Waals surface area contributed by atoms with Crippen molar-refractivity contribution in [1.82, 2.24) is 4.90 Å². The maximum atomic E-state index is 9.83. The van der Waals surface area contributed by atoms with Gasteiger partial charge in [-0.2, -0.15) is 0 Å². The maximum Gasteiger partial charge on any atom is 0.330 e. The van der Waals surface area contributed by atoms with Crippen molar-refractivity contribution < 1.29 is 9.90 Å². The Hall–Kier alpha value is -0.830. The van der Waals surface area contributed by atoms with Crippen molar-refractivity contribution in [3.05, 3.63) is 12.2 Å². The second-order valence-electron chi connectivity index (χ2n) is 7.66. The Morgan fingerprint density at radius 3 is 1.31 bits per heavy atom. The highest BCUT2D eigenvalue weighted by Gasteiger charge is 1.96. The number of unbranched alkanes of at least 4 members (excludes halogenated alkanes) is 13. The van der Waals surface area contributed by atoms with Crippen LogP contribution in [0.2, 0.25) is 0 Å². The third-order valence-corrected chi connectivity index (χ3v) is 4.69. The maximum absolute atomic E-state index is 9.83. The lowest BCUT2D eigenvalue weighted by Crippen LogP contribution is -2.12. The van der Waals surface area contributed by atoms with Gasteiger partial charge in [0.2, 0.25) is 0 Å². The molecule has 26 heavy (non-hydrogen) atoms. The van der Waals surface area contributed by atoms with Gasteiger partial charge in [0.25, 0.3) is 0 Å². The van der Waals surface area contributed by atoms with Crippen molar-refractivity contribution in [2.75, 3.05) is 20.6 Å². The highest BCUT2D eigenvalue weighted by Crippen LogP contribution is 2.12. The summed E-state index contributed by atoms with van der Waals surface area (Å²) in [7, 11) is 4.34. The number of carbonyl (C=O) groups is 1. The molecule has 0 heterocycles. The van der Waals surface area contributed by atoms with Gasteiger partial charge in [0.05, 0.1) is 0 Å². The number of hydrogen-bond acceptors (Lipinski definition) is 2. The lowest BCUT2D eigenvalue weighted by atomic mass is 10.0. The summed E-state index contributed by atoms with van der Waals surface area (Å²) in [5.74, 6) is -0.900. The summed E-state index contributed by atoms with van der Waals surface area (Å²) in [6.45, 7) is 8.59. The van der Waals surface area contributed by atoms with E-state index in [1.807, 2.05) is 0 Å². The summed E-state index contributed by atoms with van der Waals surface area (Å²) < 4.78 is 0. The summed E-state index contributed by atoms with van der Waals surface area (Å²) in [6.07, 6.45) is 20.8. The number of rotatable bonds is 17. The molecule has 3 nitrogen and oxygen atoms in total. The molecule has 0 atom stereocenters. The first-order valence-corrected chi connectivity index (χ1v) is 11.0. The normalized spacial score (nSPS) is 10.5. The molecule has 0 saturated carbocycles. The zero-order valence-corrected chi connectivity index (χ0v) is 18.3. The first kappa shape index (κ1) is 27.4. The standard InChI is InChI=1S/C18H39N.C5H8O2/c1-4-5-6-7-8-9-10-11-12-13-14-15-16-17-18-19(2)3;1-3-4(2)5(6)7/h4-18H2,1-3H3;2-3H2,1H3,(H,6,7). The van der Waals surface area contributed by atoms with Gasteiger partial charge in [-0.15, -0.1) is 0 Å². The summed E-state index contributed by atoms with van der Waals surface area (Å²) >= 11 is 0. The van der Waals surface area contributed by atoms with Crippen LogP contribution in [0.15, 0.2) is 12.2 Å². The monoisotopic (exact) mass is 369 g/mol. The van der Waals surface area contributed by atoms with E-state index in [1.54, 1.807) is 6.92 Å². The SMILES string of the molecule is C=C(CC)C(=O)O.CCCCCCCCCCCCCCCCN(C)C. The number of hydrogen-bond donors (Lipinski definition) is 1. The highest BCUT2D eigenvalue weighted by atomic mass is 16.4. The highest BCUT2D eigenvalue weighted by molar-refractivity contribution is 5.85. The number of carboxylic acid groups (broad SMARTS) is 1. The Balaban J connectivity index is 0. The minimum atomic E-state index is -0.900. The summed E-state index contributed by atoms with van der Waals surface area (Å²) in [5, 5.41) is 8.08. The van der Waals surface area contributed by atoms with Gasteiger partial charge in [0, 0.05) is 5.57 Å². The van der Waals surface area contributed by atoms with E-state index >= 15 is 0 Å². The summed E-state index contributed by atoms with van der Waals surface area (Å²) in [4.78, 5) is 12.1. The van der Waals surface area contributed by atoms with E-state index < -0.39 is 5.97 Å². The van der Waals surface area contributed by atoms with Gasteiger partial charge in [-0.3, -0.25) is 0 Å². The Labute approximate surface area is 164 Å². The van der Waals surface area contributed by atoms with Gasteiger partial charge >= 0.3 is 5.97 Å². The largest absolute Gasteiger partial charge is 0.478 e. The van der Waals surface area contributed by atoms with Gasteiger partial charge in [0.1, 0.15) is 0 Å². The van der Waals surface area contributed by atoms with Crippen LogP contribution in [-0.4, -0.2) is 36.6 Å². The molecule has 0 aromatic heterocycles. The van der Waals surface area contributed by atoms with Gasteiger partial charge in [-0.1, -0.05) is 104 Å². The van der Waals surface area contributed by atoms with Gasteiger partial charge < -0.3 is 10.0 Å². The fraction of sp³-hybridized carbons (Fsp3) is 0.870. The van der Waals surface area contributed by atoms with E-state index in [0.717, 1.165) is 0 Å². The molecule has 0 unspecified atom stereocenters. The van der Waals surface area contributed by atoms with E-state index in [-0.39, 0.29) is 5.57 Å². The van der Waals surface area contributed by atoms with Crippen LogP contribution in [0, 0.1) is 0 Å². The molecule has 0 aliphatic heterocycles. The van der Waals surface area contributed by atoms with Crippen molar-refractivity contribution >= 4 is 5.97 Å². The van der Waals surface area contributed by atoms with E-state index in [1.165, 1.54) is 96.4 Å². The van der Waals surface area contributed by atoms with Crippen molar-refractivity contribution in [2.24, 2.45) is 0 Å². The van der Waals surface area contributed by atoms with Crippen LogP contribution in [0.3, 0.4) is 0 Å². The number of carboxylic acids is 1. The van der Waals surface area contributed by atoms with Crippen LogP contribution in [0.4, 0.5) is 0 Å². The van der Waals surface area contributed by atoms with Gasteiger partial charge in [0.15, 0.2) is 0 Å². The molecule has 0 spiro atoms. The molecule has 0 aromatic rings. The van der Waals surface area contributed by atoms with E-state index in [4.69, 9.17) is 5.11 Å². The lowest BCUT2D eigenvalue weighted by Gasteiger charge is -2.08. The molecule has 0 aliphatic carbocycles. The molecule has 0 fully saturated rings.